The number of aryl methyl sites for hydroxylation is 1. The number of nitrogens with one attached hydrogen (secondary N) is 1. The van der Waals surface area contributed by atoms with Gasteiger partial charge in [0.1, 0.15) is 0 Å². The molecule has 1 N–H and O–H groups in total. The molecule has 0 bridgehead atoms. The lowest BCUT2D eigenvalue weighted by atomic mass is 10.1. The first-order chi connectivity index (χ1) is 6.63. The molecule has 1 rings (SSSR count). The molecule has 1 aromatic carbocycles. The van der Waals surface area contributed by atoms with Gasteiger partial charge in [-0.3, -0.25) is 0 Å². The van der Waals surface area contributed by atoms with Crippen molar-refractivity contribution in [2.45, 2.75) is 38.3 Å². The number of thioether (sulfide) groups is 1. The zero-order chi connectivity index (χ0) is 10.6. The van der Waals surface area contributed by atoms with Gasteiger partial charge in [0.2, 0.25) is 0 Å². The average Bonchev–Trinajstić information content (AvgIpc) is 2.15. The zero-order valence-electron chi connectivity index (χ0n) is 9.42. The Morgan fingerprint density at radius 2 is 2.07 bits per heavy atom. The van der Waals surface area contributed by atoms with Crippen LogP contribution in [0.4, 0.5) is 0 Å². The third-order valence-electron chi connectivity index (χ3n) is 2.14. The highest BCUT2D eigenvalue weighted by molar-refractivity contribution is 7.98. The second-order valence-electron chi connectivity index (χ2n) is 3.85. The standard InChI is InChI=1S/C12H19NS/c1-9(2)13-8-11-7-10(3)5-6-12(11)14-4/h5-7,9,13H,8H2,1-4H3. The molecule has 14 heavy (non-hydrogen) atoms. The second-order valence-corrected chi connectivity index (χ2v) is 4.70. The Balaban J connectivity index is 2.77. The maximum Gasteiger partial charge on any atom is 0.0219 e. The Kier molecular flexibility index (Phi) is 4.49. The number of hydrogen-bond acceptors (Lipinski definition) is 2. The molecule has 1 aromatic rings. The van der Waals surface area contributed by atoms with E-state index in [0.29, 0.717) is 6.04 Å². The molecule has 0 aromatic heterocycles. The highest BCUT2D eigenvalue weighted by atomic mass is 32.2. The predicted molar refractivity (Wildman–Crippen MR) is 64.9 cm³/mol. The smallest absolute Gasteiger partial charge is 0.0219 e. The zero-order valence-corrected chi connectivity index (χ0v) is 10.2. The summed E-state index contributed by atoms with van der Waals surface area (Å²) in [5.74, 6) is 0. The molecule has 78 valence electrons. The molecule has 2 heteroatoms. The van der Waals surface area contributed by atoms with E-state index in [4.69, 9.17) is 0 Å². The molecule has 0 aliphatic carbocycles. The molecule has 0 radical (unpaired) electrons. The summed E-state index contributed by atoms with van der Waals surface area (Å²) < 4.78 is 0. The Hall–Kier alpha value is -0.470. The van der Waals surface area contributed by atoms with E-state index in [0.717, 1.165) is 6.54 Å². The molecule has 0 fully saturated rings. The van der Waals surface area contributed by atoms with Crippen molar-refractivity contribution in [1.82, 2.24) is 5.32 Å². The summed E-state index contributed by atoms with van der Waals surface area (Å²) in [6.07, 6.45) is 2.13. The minimum atomic E-state index is 0.546. The maximum absolute atomic E-state index is 3.45. The highest BCUT2D eigenvalue weighted by Crippen LogP contribution is 2.21. The van der Waals surface area contributed by atoms with Crippen molar-refractivity contribution in [3.63, 3.8) is 0 Å². The van der Waals surface area contributed by atoms with Crippen molar-refractivity contribution in [3.8, 4) is 0 Å². The molecule has 1 nitrogen and oxygen atoms in total. The topological polar surface area (TPSA) is 12.0 Å². The van der Waals surface area contributed by atoms with Crippen LogP contribution in [-0.2, 0) is 6.54 Å². The van der Waals surface area contributed by atoms with Gasteiger partial charge in [0.05, 0.1) is 0 Å². The van der Waals surface area contributed by atoms with Crippen LogP contribution in [0.15, 0.2) is 23.1 Å². The van der Waals surface area contributed by atoms with Gasteiger partial charge >= 0.3 is 0 Å². The molecule has 0 aliphatic rings. The quantitative estimate of drug-likeness (QED) is 0.764. The van der Waals surface area contributed by atoms with Crippen molar-refractivity contribution in [2.75, 3.05) is 6.26 Å². The van der Waals surface area contributed by atoms with Crippen LogP contribution in [0.2, 0.25) is 0 Å². The molecule has 0 amide bonds. The van der Waals surface area contributed by atoms with Gasteiger partial charge in [-0.05, 0) is 24.8 Å². The first-order valence-electron chi connectivity index (χ1n) is 5.00. The van der Waals surface area contributed by atoms with Crippen molar-refractivity contribution in [1.29, 1.82) is 0 Å². The number of rotatable bonds is 4. The Labute approximate surface area is 91.3 Å². The summed E-state index contributed by atoms with van der Waals surface area (Å²) in [5, 5.41) is 3.45. The number of hydrogen-bond donors (Lipinski definition) is 1. The van der Waals surface area contributed by atoms with Crippen LogP contribution in [-0.4, -0.2) is 12.3 Å². The molecular weight excluding hydrogens is 190 g/mol. The number of benzene rings is 1. The van der Waals surface area contributed by atoms with Gasteiger partial charge in [-0.1, -0.05) is 31.5 Å². The lowest BCUT2D eigenvalue weighted by molar-refractivity contribution is 0.584. The van der Waals surface area contributed by atoms with Crippen LogP contribution in [0.1, 0.15) is 25.0 Å². The summed E-state index contributed by atoms with van der Waals surface area (Å²) in [6.45, 7) is 7.46. The molecule has 0 aliphatic heterocycles. The van der Waals surface area contributed by atoms with Crippen LogP contribution in [0.25, 0.3) is 0 Å². The first kappa shape index (κ1) is 11.6. The summed E-state index contributed by atoms with van der Waals surface area (Å²) >= 11 is 1.82. The summed E-state index contributed by atoms with van der Waals surface area (Å²) in [5.41, 5.74) is 2.74. The second kappa shape index (κ2) is 5.42. The monoisotopic (exact) mass is 209 g/mol. The summed E-state index contributed by atoms with van der Waals surface area (Å²) in [4.78, 5) is 1.38. The van der Waals surface area contributed by atoms with Gasteiger partial charge < -0.3 is 5.32 Å². The van der Waals surface area contributed by atoms with Crippen LogP contribution < -0.4 is 5.32 Å². The lowest BCUT2D eigenvalue weighted by Gasteiger charge is -2.12. The average molecular weight is 209 g/mol. The molecule has 0 spiro atoms. The van der Waals surface area contributed by atoms with E-state index in [1.54, 1.807) is 0 Å². The molecule has 0 saturated heterocycles. The van der Waals surface area contributed by atoms with Crippen molar-refractivity contribution >= 4 is 11.8 Å². The third-order valence-corrected chi connectivity index (χ3v) is 2.97. The molecule has 0 saturated carbocycles. The summed E-state index contributed by atoms with van der Waals surface area (Å²) in [6, 6.07) is 7.19. The maximum atomic E-state index is 3.45. The van der Waals surface area contributed by atoms with Crippen molar-refractivity contribution in [2.24, 2.45) is 0 Å². The van der Waals surface area contributed by atoms with E-state index < -0.39 is 0 Å². The predicted octanol–water partition coefficient (Wildman–Crippen LogP) is 3.21. The fourth-order valence-electron chi connectivity index (χ4n) is 1.36. The molecule has 0 heterocycles. The normalized spacial score (nSPS) is 10.9. The van der Waals surface area contributed by atoms with Gasteiger partial charge in [-0.15, -0.1) is 11.8 Å². The van der Waals surface area contributed by atoms with E-state index >= 15 is 0 Å². The first-order valence-corrected chi connectivity index (χ1v) is 6.23. The Morgan fingerprint density at radius 3 is 2.64 bits per heavy atom. The van der Waals surface area contributed by atoms with E-state index in [9.17, 15) is 0 Å². The van der Waals surface area contributed by atoms with E-state index in [-0.39, 0.29) is 0 Å². The molecule has 0 unspecified atom stereocenters. The van der Waals surface area contributed by atoms with Gasteiger partial charge in [0.25, 0.3) is 0 Å². The van der Waals surface area contributed by atoms with E-state index in [1.165, 1.54) is 16.0 Å². The van der Waals surface area contributed by atoms with Gasteiger partial charge in [0, 0.05) is 17.5 Å². The van der Waals surface area contributed by atoms with Crippen LogP contribution in [0.3, 0.4) is 0 Å². The van der Waals surface area contributed by atoms with Gasteiger partial charge in [-0.25, -0.2) is 0 Å². The molecule has 0 atom stereocenters. The van der Waals surface area contributed by atoms with Crippen molar-refractivity contribution < 1.29 is 0 Å². The lowest BCUT2D eigenvalue weighted by Crippen LogP contribution is -2.22. The van der Waals surface area contributed by atoms with E-state index in [2.05, 4.69) is 50.5 Å². The van der Waals surface area contributed by atoms with E-state index in [1.807, 2.05) is 11.8 Å². The minimum absolute atomic E-state index is 0.546. The Bertz CT molecular complexity index is 294. The van der Waals surface area contributed by atoms with Crippen molar-refractivity contribution in [3.05, 3.63) is 29.3 Å². The fraction of sp³-hybridized carbons (Fsp3) is 0.500. The largest absolute Gasteiger partial charge is 0.310 e. The van der Waals surface area contributed by atoms with Gasteiger partial charge in [0.15, 0.2) is 0 Å². The Morgan fingerprint density at radius 1 is 1.36 bits per heavy atom. The highest BCUT2D eigenvalue weighted by Gasteiger charge is 2.02. The third kappa shape index (κ3) is 3.35. The summed E-state index contributed by atoms with van der Waals surface area (Å²) in [7, 11) is 0. The SMILES string of the molecule is CSc1ccc(C)cc1CNC(C)C. The molecular formula is C12H19NS. The van der Waals surface area contributed by atoms with Crippen LogP contribution >= 0.6 is 11.8 Å². The van der Waals surface area contributed by atoms with Crippen LogP contribution in [0, 0.1) is 6.92 Å². The van der Waals surface area contributed by atoms with Gasteiger partial charge in [-0.2, -0.15) is 0 Å². The fourth-order valence-corrected chi connectivity index (χ4v) is 1.96. The minimum Gasteiger partial charge on any atom is -0.310 e. The van der Waals surface area contributed by atoms with Crippen LogP contribution in [0.5, 0.6) is 0 Å².